The molecule has 1 aliphatic rings. The van der Waals surface area contributed by atoms with Crippen molar-refractivity contribution >= 4 is 17.5 Å². The molecule has 1 N–H and O–H groups in total. The maximum Gasteiger partial charge on any atom is 0.243 e. The van der Waals surface area contributed by atoms with Crippen molar-refractivity contribution in [1.29, 1.82) is 0 Å². The molecule has 24 heavy (non-hydrogen) atoms. The van der Waals surface area contributed by atoms with Crippen molar-refractivity contribution < 1.29 is 9.59 Å². The Labute approximate surface area is 145 Å². The largest absolute Gasteiger partial charge is 0.336 e. The molecule has 0 spiro atoms. The monoisotopic (exact) mass is 330 g/mol. The van der Waals surface area contributed by atoms with Gasteiger partial charge in [-0.15, -0.1) is 0 Å². The molecule has 4 nitrogen and oxygen atoms in total. The van der Waals surface area contributed by atoms with Gasteiger partial charge >= 0.3 is 0 Å². The molecule has 0 aliphatic heterocycles. The summed E-state index contributed by atoms with van der Waals surface area (Å²) in [6.07, 6.45) is 7.95. The number of nitrogens with zero attached hydrogens (tertiary/aromatic N) is 1. The zero-order valence-corrected chi connectivity index (χ0v) is 15.2. The molecule has 0 radical (unpaired) electrons. The summed E-state index contributed by atoms with van der Waals surface area (Å²) in [6.45, 7) is 4.06. The van der Waals surface area contributed by atoms with E-state index >= 15 is 0 Å². The molecule has 0 unspecified atom stereocenters. The maximum atomic E-state index is 12.3. The Balaban J connectivity index is 1.79. The van der Waals surface area contributed by atoms with E-state index < -0.39 is 0 Å². The Morgan fingerprint density at radius 2 is 1.75 bits per heavy atom. The minimum Gasteiger partial charge on any atom is -0.336 e. The molecule has 1 aromatic rings. The van der Waals surface area contributed by atoms with Gasteiger partial charge in [-0.25, -0.2) is 0 Å². The van der Waals surface area contributed by atoms with Crippen molar-refractivity contribution in [2.45, 2.75) is 58.8 Å². The van der Waals surface area contributed by atoms with Crippen molar-refractivity contribution in [1.82, 2.24) is 4.90 Å². The number of para-hydroxylation sites is 1. The molecule has 0 aromatic heterocycles. The van der Waals surface area contributed by atoms with Crippen LogP contribution in [0.5, 0.6) is 0 Å². The van der Waals surface area contributed by atoms with E-state index in [1.807, 2.05) is 32.0 Å². The van der Waals surface area contributed by atoms with Gasteiger partial charge in [-0.05, 0) is 37.3 Å². The predicted molar refractivity (Wildman–Crippen MR) is 98.0 cm³/mol. The summed E-state index contributed by atoms with van der Waals surface area (Å²) in [5.74, 6) is 0.623. The van der Waals surface area contributed by atoms with Gasteiger partial charge in [0.15, 0.2) is 0 Å². The number of anilines is 1. The Morgan fingerprint density at radius 3 is 2.38 bits per heavy atom. The lowest BCUT2D eigenvalue weighted by Gasteiger charge is -2.23. The van der Waals surface area contributed by atoms with Gasteiger partial charge in [0, 0.05) is 19.2 Å². The van der Waals surface area contributed by atoms with Crippen molar-refractivity contribution in [3.63, 3.8) is 0 Å². The number of amides is 2. The summed E-state index contributed by atoms with van der Waals surface area (Å²) in [6, 6.07) is 5.92. The van der Waals surface area contributed by atoms with Crippen LogP contribution in [0.2, 0.25) is 0 Å². The highest BCUT2D eigenvalue weighted by atomic mass is 16.2. The van der Waals surface area contributed by atoms with E-state index in [1.54, 1.807) is 11.9 Å². The molecule has 0 heterocycles. The van der Waals surface area contributed by atoms with E-state index in [0.29, 0.717) is 12.3 Å². The molecule has 1 aliphatic carbocycles. The summed E-state index contributed by atoms with van der Waals surface area (Å²) < 4.78 is 0. The fourth-order valence-electron chi connectivity index (χ4n) is 3.49. The van der Waals surface area contributed by atoms with Gasteiger partial charge in [-0.1, -0.05) is 50.3 Å². The molecule has 2 amide bonds. The first kappa shape index (κ1) is 18.5. The Bertz CT molecular complexity index is 557. The van der Waals surface area contributed by atoms with Gasteiger partial charge in [-0.3, -0.25) is 9.59 Å². The van der Waals surface area contributed by atoms with Crippen LogP contribution in [0.25, 0.3) is 0 Å². The first-order valence-electron chi connectivity index (χ1n) is 9.07. The van der Waals surface area contributed by atoms with E-state index in [2.05, 4.69) is 5.32 Å². The highest BCUT2D eigenvalue weighted by Gasteiger charge is 2.18. The standard InChI is InChI=1S/C20H30N2O2/c1-15-8-7-9-16(2)20(15)21-18(23)14-22(3)19(24)13-12-17-10-5-4-6-11-17/h7-9,17H,4-6,10-14H2,1-3H3,(H,21,23). The number of rotatable bonds is 6. The second-order valence-corrected chi connectivity index (χ2v) is 7.11. The number of likely N-dealkylation sites (N-methyl/N-ethyl adjacent to an activating group) is 1. The van der Waals surface area contributed by atoms with Crippen LogP contribution in [0.3, 0.4) is 0 Å². The van der Waals surface area contributed by atoms with Crippen molar-refractivity contribution in [3.05, 3.63) is 29.3 Å². The lowest BCUT2D eigenvalue weighted by Crippen LogP contribution is -2.35. The fraction of sp³-hybridized carbons (Fsp3) is 0.600. The minimum atomic E-state index is -0.138. The molecule has 1 saturated carbocycles. The van der Waals surface area contributed by atoms with Crippen molar-refractivity contribution in [2.24, 2.45) is 5.92 Å². The van der Waals surface area contributed by atoms with Crippen LogP contribution >= 0.6 is 0 Å². The van der Waals surface area contributed by atoms with E-state index in [0.717, 1.165) is 23.2 Å². The zero-order valence-electron chi connectivity index (χ0n) is 15.2. The van der Waals surface area contributed by atoms with Crippen LogP contribution in [0.15, 0.2) is 18.2 Å². The third-order valence-electron chi connectivity index (χ3n) is 5.04. The van der Waals surface area contributed by atoms with Crippen LogP contribution in [0, 0.1) is 19.8 Å². The highest BCUT2D eigenvalue weighted by molar-refractivity contribution is 5.95. The van der Waals surface area contributed by atoms with Gasteiger partial charge in [0.05, 0.1) is 6.54 Å². The number of nitrogens with one attached hydrogen (secondary N) is 1. The number of carbonyl (C=O) groups excluding carboxylic acids is 2. The van der Waals surface area contributed by atoms with E-state index in [-0.39, 0.29) is 18.4 Å². The van der Waals surface area contributed by atoms with E-state index in [9.17, 15) is 9.59 Å². The number of aryl methyl sites for hydroxylation is 2. The average Bonchev–Trinajstić information content (AvgIpc) is 2.57. The number of hydrogen-bond donors (Lipinski definition) is 1. The van der Waals surface area contributed by atoms with Crippen molar-refractivity contribution in [2.75, 3.05) is 18.9 Å². The van der Waals surface area contributed by atoms with Gasteiger partial charge < -0.3 is 10.2 Å². The summed E-state index contributed by atoms with van der Waals surface area (Å²) in [4.78, 5) is 26.0. The normalized spacial score (nSPS) is 15.1. The van der Waals surface area contributed by atoms with Gasteiger partial charge in [-0.2, -0.15) is 0 Å². The summed E-state index contributed by atoms with van der Waals surface area (Å²) in [7, 11) is 1.72. The number of carbonyl (C=O) groups is 2. The molecular formula is C20H30N2O2. The van der Waals surface area contributed by atoms with E-state index in [1.165, 1.54) is 32.1 Å². The second-order valence-electron chi connectivity index (χ2n) is 7.11. The smallest absolute Gasteiger partial charge is 0.243 e. The van der Waals surface area contributed by atoms with Crippen LogP contribution in [0.1, 0.15) is 56.1 Å². The molecule has 4 heteroatoms. The SMILES string of the molecule is Cc1cccc(C)c1NC(=O)CN(C)C(=O)CCC1CCCCC1. The molecule has 1 aromatic carbocycles. The Kier molecular flexibility index (Phi) is 6.83. The topological polar surface area (TPSA) is 49.4 Å². The predicted octanol–water partition coefficient (Wildman–Crippen LogP) is 4.06. The minimum absolute atomic E-state index is 0.0669. The third-order valence-corrected chi connectivity index (χ3v) is 5.04. The van der Waals surface area contributed by atoms with Gasteiger partial charge in [0.25, 0.3) is 0 Å². The van der Waals surface area contributed by atoms with E-state index in [4.69, 9.17) is 0 Å². The number of hydrogen-bond acceptors (Lipinski definition) is 2. The second kappa shape index (κ2) is 8.86. The molecule has 1 fully saturated rings. The zero-order chi connectivity index (χ0) is 17.5. The molecule has 0 atom stereocenters. The van der Waals surface area contributed by atoms with Gasteiger partial charge in [0.1, 0.15) is 0 Å². The highest BCUT2D eigenvalue weighted by Crippen LogP contribution is 2.27. The van der Waals surface area contributed by atoms with Crippen molar-refractivity contribution in [3.8, 4) is 0 Å². The summed E-state index contributed by atoms with van der Waals surface area (Å²) >= 11 is 0. The Morgan fingerprint density at radius 1 is 1.12 bits per heavy atom. The lowest BCUT2D eigenvalue weighted by atomic mass is 9.86. The molecular weight excluding hydrogens is 300 g/mol. The van der Waals surface area contributed by atoms with Gasteiger partial charge in [0.2, 0.25) is 11.8 Å². The first-order valence-corrected chi connectivity index (χ1v) is 9.07. The maximum absolute atomic E-state index is 12.3. The lowest BCUT2D eigenvalue weighted by molar-refractivity contribution is -0.133. The van der Waals surface area contributed by atoms with Crippen LogP contribution in [-0.2, 0) is 9.59 Å². The van der Waals surface area contributed by atoms with Crippen LogP contribution in [0.4, 0.5) is 5.69 Å². The summed E-state index contributed by atoms with van der Waals surface area (Å²) in [5.41, 5.74) is 2.93. The molecule has 2 rings (SSSR count). The third kappa shape index (κ3) is 5.36. The number of benzene rings is 1. The molecule has 0 saturated heterocycles. The van der Waals surface area contributed by atoms with Crippen LogP contribution < -0.4 is 5.32 Å². The first-order chi connectivity index (χ1) is 11.5. The summed E-state index contributed by atoms with van der Waals surface area (Å²) in [5, 5.41) is 2.94. The quantitative estimate of drug-likeness (QED) is 0.855. The Hall–Kier alpha value is -1.84. The molecule has 132 valence electrons. The molecule has 0 bridgehead atoms. The average molecular weight is 330 g/mol. The fourth-order valence-corrected chi connectivity index (χ4v) is 3.49. The van der Waals surface area contributed by atoms with Crippen LogP contribution in [-0.4, -0.2) is 30.3 Å².